The fourth-order valence-electron chi connectivity index (χ4n) is 2.52. The summed E-state index contributed by atoms with van der Waals surface area (Å²) in [5, 5.41) is 11.9. The van der Waals surface area contributed by atoms with Crippen LogP contribution in [-0.2, 0) is 16.0 Å². The number of amides is 1. The Bertz CT molecular complexity index is 472. The van der Waals surface area contributed by atoms with Crippen molar-refractivity contribution in [1.82, 2.24) is 5.32 Å². The monoisotopic (exact) mass is 307 g/mol. The lowest BCUT2D eigenvalue weighted by Gasteiger charge is -2.22. The van der Waals surface area contributed by atoms with Gasteiger partial charge in [-0.1, -0.05) is 30.3 Å². The van der Waals surface area contributed by atoms with Crippen LogP contribution in [0.4, 0.5) is 0 Å². The molecule has 2 N–H and O–H groups in total. The zero-order valence-corrected chi connectivity index (χ0v) is 12.8. The van der Waals surface area contributed by atoms with Gasteiger partial charge in [0.15, 0.2) is 0 Å². The first kappa shape index (κ1) is 15.9. The van der Waals surface area contributed by atoms with Crippen LogP contribution >= 0.6 is 11.8 Å². The molecule has 0 aromatic heterocycles. The third-order valence-corrected chi connectivity index (χ3v) is 4.78. The first-order valence-corrected chi connectivity index (χ1v) is 8.44. The molecule has 1 atom stereocenters. The van der Waals surface area contributed by atoms with Gasteiger partial charge in [0.05, 0.1) is 0 Å². The predicted octanol–water partition coefficient (Wildman–Crippen LogP) is 2.33. The Morgan fingerprint density at radius 2 is 1.90 bits per heavy atom. The molecule has 0 radical (unpaired) electrons. The van der Waals surface area contributed by atoms with Gasteiger partial charge in [0.2, 0.25) is 5.91 Å². The van der Waals surface area contributed by atoms with Crippen LogP contribution in [0, 0.1) is 5.92 Å². The third kappa shape index (κ3) is 5.42. The van der Waals surface area contributed by atoms with Gasteiger partial charge in [-0.2, -0.15) is 11.8 Å². The normalized spacial score (nSPS) is 17.1. The summed E-state index contributed by atoms with van der Waals surface area (Å²) in [6.45, 7) is 0. The van der Waals surface area contributed by atoms with E-state index in [1.165, 1.54) is 0 Å². The lowest BCUT2D eigenvalue weighted by atomic mass is 9.98. The van der Waals surface area contributed by atoms with Crippen LogP contribution in [0.3, 0.4) is 0 Å². The highest BCUT2D eigenvalue weighted by atomic mass is 32.2. The molecule has 1 unspecified atom stereocenters. The molecule has 0 bridgehead atoms. The maximum Gasteiger partial charge on any atom is 0.326 e. The van der Waals surface area contributed by atoms with Crippen LogP contribution in [0.2, 0.25) is 0 Å². The van der Waals surface area contributed by atoms with Crippen molar-refractivity contribution in [2.75, 3.05) is 11.5 Å². The largest absolute Gasteiger partial charge is 0.480 e. The maximum atomic E-state index is 12.0. The number of hydrogen-bond donors (Lipinski definition) is 2. The van der Waals surface area contributed by atoms with E-state index in [9.17, 15) is 14.7 Å². The van der Waals surface area contributed by atoms with Gasteiger partial charge < -0.3 is 10.4 Å². The van der Waals surface area contributed by atoms with Crippen LogP contribution < -0.4 is 5.32 Å². The molecule has 1 heterocycles. The van der Waals surface area contributed by atoms with Crippen molar-refractivity contribution in [3.05, 3.63) is 35.9 Å². The molecule has 0 aliphatic carbocycles. The lowest BCUT2D eigenvalue weighted by Crippen LogP contribution is -2.43. The highest BCUT2D eigenvalue weighted by Crippen LogP contribution is 2.25. The minimum atomic E-state index is -0.980. The number of thioether (sulfide) groups is 1. The molecule has 0 saturated carbocycles. The summed E-state index contributed by atoms with van der Waals surface area (Å²) < 4.78 is 0. The number of carboxylic acids is 1. The number of carboxylic acid groups (broad SMARTS) is 1. The fraction of sp³-hybridized carbons (Fsp3) is 0.500. The summed E-state index contributed by atoms with van der Waals surface area (Å²) in [4.78, 5) is 23.3. The molecule has 1 aromatic rings. The number of carbonyl (C=O) groups excluding carboxylic acids is 1. The number of nitrogens with one attached hydrogen (secondary N) is 1. The van der Waals surface area contributed by atoms with Crippen LogP contribution in [0.25, 0.3) is 0 Å². The minimum Gasteiger partial charge on any atom is -0.480 e. The van der Waals surface area contributed by atoms with E-state index < -0.39 is 12.0 Å². The minimum absolute atomic E-state index is 0.143. The molecule has 21 heavy (non-hydrogen) atoms. The molecule has 1 aliphatic rings. The summed E-state index contributed by atoms with van der Waals surface area (Å²) in [5.74, 6) is 1.48. The molecule has 1 aromatic carbocycles. The summed E-state index contributed by atoms with van der Waals surface area (Å²) in [6, 6.07) is 8.53. The lowest BCUT2D eigenvalue weighted by molar-refractivity contribution is -0.141. The highest BCUT2D eigenvalue weighted by molar-refractivity contribution is 7.99. The molecule has 5 heteroatoms. The molecular formula is C16H21NO3S. The summed E-state index contributed by atoms with van der Waals surface area (Å²) in [7, 11) is 0. The second-order valence-electron chi connectivity index (χ2n) is 5.41. The zero-order chi connectivity index (χ0) is 15.1. The van der Waals surface area contributed by atoms with Crippen molar-refractivity contribution in [3.8, 4) is 0 Å². The van der Waals surface area contributed by atoms with Crippen molar-refractivity contribution in [3.63, 3.8) is 0 Å². The fourth-order valence-corrected chi connectivity index (χ4v) is 3.72. The first-order valence-electron chi connectivity index (χ1n) is 7.29. The highest BCUT2D eigenvalue weighted by Gasteiger charge is 2.23. The standard InChI is InChI=1S/C16H21NO3S/c18-15(11-13-6-8-21-9-7-13)17-14(16(19)20)10-12-4-2-1-3-5-12/h1-5,13-14H,6-11H2,(H,17,18)(H,19,20). The van der Waals surface area contributed by atoms with Gasteiger partial charge in [-0.05, 0) is 35.8 Å². The number of aliphatic carboxylic acids is 1. The topological polar surface area (TPSA) is 66.4 Å². The average molecular weight is 307 g/mol. The molecule has 2 rings (SSSR count). The Morgan fingerprint density at radius 1 is 1.24 bits per heavy atom. The predicted molar refractivity (Wildman–Crippen MR) is 84.4 cm³/mol. The molecule has 1 aliphatic heterocycles. The van der Waals surface area contributed by atoms with E-state index in [4.69, 9.17) is 0 Å². The van der Waals surface area contributed by atoms with Crippen molar-refractivity contribution >= 4 is 23.6 Å². The van der Waals surface area contributed by atoms with Crippen molar-refractivity contribution < 1.29 is 14.7 Å². The van der Waals surface area contributed by atoms with Gasteiger partial charge in [-0.3, -0.25) is 4.79 Å². The van der Waals surface area contributed by atoms with Gasteiger partial charge in [0, 0.05) is 12.8 Å². The van der Waals surface area contributed by atoms with Crippen molar-refractivity contribution in [1.29, 1.82) is 0 Å². The van der Waals surface area contributed by atoms with E-state index in [-0.39, 0.29) is 5.91 Å². The second-order valence-corrected chi connectivity index (χ2v) is 6.63. The van der Waals surface area contributed by atoms with Crippen LogP contribution in [0.1, 0.15) is 24.8 Å². The van der Waals surface area contributed by atoms with Crippen molar-refractivity contribution in [2.45, 2.75) is 31.7 Å². The molecule has 0 spiro atoms. The Kier molecular flexibility index (Phi) is 6.11. The van der Waals surface area contributed by atoms with Gasteiger partial charge in [0.1, 0.15) is 6.04 Å². The average Bonchev–Trinajstić information content (AvgIpc) is 2.48. The summed E-state index contributed by atoms with van der Waals surface area (Å²) >= 11 is 1.92. The number of hydrogen-bond acceptors (Lipinski definition) is 3. The molecule has 4 nitrogen and oxygen atoms in total. The van der Waals surface area contributed by atoms with E-state index in [0.717, 1.165) is 29.9 Å². The smallest absolute Gasteiger partial charge is 0.326 e. The molecule has 1 amide bonds. The molecular weight excluding hydrogens is 286 g/mol. The zero-order valence-electron chi connectivity index (χ0n) is 12.0. The number of benzene rings is 1. The molecule has 1 fully saturated rings. The van der Waals surface area contributed by atoms with Crippen LogP contribution in [0.5, 0.6) is 0 Å². The second kappa shape index (κ2) is 8.08. The number of rotatable bonds is 6. The van der Waals surface area contributed by atoms with Gasteiger partial charge in [-0.15, -0.1) is 0 Å². The Balaban J connectivity index is 1.86. The first-order chi connectivity index (χ1) is 10.1. The van der Waals surface area contributed by atoms with E-state index in [1.807, 2.05) is 42.1 Å². The maximum absolute atomic E-state index is 12.0. The van der Waals surface area contributed by atoms with E-state index in [0.29, 0.717) is 18.8 Å². The number of carbonyl (C=O) groups is 2. The van der Waals surface area contributed by atoms with Gasteiger partial charge in [-0.25, -0.2) is 4.79 Å². The van der Waals surface area contributed by atoms with Crippen molar-refractivity contribution in [2.24, 2.45) is 5.92 Å². The quantitative estimate of drug-likeness (QED) is 0.846. The van der Waals surface area contributed by atoms with E-state index in [1.54, 1.807) is 0 Å². The van der Waals surface area contributed by atoms with Gasteiger partial charge in [0.25, 0.3) is 0 Å². The third-order valence-electron chi connectivity index (χ3n) is 3.73. The van der Waals surface area contributed by atoms with Gasteiger partial charge >= 0.3 is 5.97 Å². The Hall–Kier alpha value is -1.49. The van der Waals surface area contributed by atoms with E-state index >= 15 is 0 Å². The SMILES string of the molecule is O=C(CC1CCSCC1)NC(Cc1ccccc1)C(=O)O. The Morgan fingerprint density at radius 3 is 2.52 bits per heavy atom. The summed E-state index contributed by atoms with van der Waals surface area (Å²) in [5.41, 5.74) is 0.916. The summed E-state index contributed by atoms with van der Waals surface area (Å²) in [6.07, 6.45) is 2.87. The Labute approximate surface area is 129 Å². The van der Waals surface area contributed by atoms with Crippen LogP contribution in [0.15, 0.2) is 30.3 Å². The molecule has 1 saturated heterocycles. The van der Waals surface area contributed by atoms with E-state index in [2.05, 4.69) is 5.32 Å². The van der Waals surface area contributed by atoms with Crippen LogP contribution in [-0.4, -0.2) is 34.5 Å². The molecule has 114 valence electrons.